The van der Waals surface area contributed by atoms with Crippen molar-refractivity contribution in [3.63, 3.8) is 0 Å². The minimum Gasteiger partial charge on any atom is -0.506 e. The summed E-state index contributed by atoms with van der Waals surface area (Å²) in [6.45, 7) is 1.76. The number of sulfonamides is 1. The molecule has 2 N–H and O–H groups in total. The molecule has 0 aliphatic carbocycles. The fourth-order valence-corrected chi connectivity index (χ4v) is 4.86. The minimum atomic E-state index is -4.07. The van der Waals surface area contributed by atoms with E-state index >= 15 is 0 Å². The van der Waals surface area contributed by atoms with Crippen LogP contribution in [0.5, 0.6) is 5.75 Å². The number of benzene rings is 3. The van der Waals surface area contributed by atoms with Gasteiger partial charge in [0.2, 0.25) is 0 Å². The zero-order valence-electron chi connectivity index (χ0n) is 17.4. The number of para-hydroxylation sites is 2. The van der Waals surface area contributed by atoms with Gasteiger partial charge in [-0.15, -0.1) is 4.40 Å². The minimum absolute atomic E-state index is 0.00713. The highest BCUT2D eigenvalue weighted by Crippen LogP contribution is 2.32. The van der Waals surface area contributed by atoms with Crippen LogP contribution in [-0.2, 0) is 10.0 Å². The second-order valence-electron chi connectivity index (χ2n) is 7.45. The van der Waals surface area contributed by atoms with Crippen molar-refractivity contribution in [2.24, 2.45) is 9.50 Å². The first-order chi connectivity index (χ1) is 15.9. The molecule has 0 spiro atoms. The van der Waals surface area contributed by atoms with Gasteiger partial charge in [0.05, 0.1) is 16.9 Å². The molecule has 0 atom stereocenters. The van der Waals surface area contributed by atoms with Crippen molar-refractivity contribution in [2.45, 2.75) is 11.8 Å². The zero-order valence-corrected chi connectivity index (χ0v) is 18.2. The summed E-state index contributed by atoms with van der Waals surface area (Å²) in [6.07, 6.45) is 0. The fourth-order valence-electron chi connectivity index (χ4n) is 3.73. The first-order valence-electron chi connectivity index (χ1n) is 10.1. The molecule has 0 saturated heterocycles. The number of anilines is 1. The molecule has 0 bridgehead atoms. The number of aromatic nitrogens is 1. The number of hydrogen-bond donors (Lipinski definition) is 2. The van der Waals surface area contributed by atoms with E-state index in [1.54, 1.807) is 49.4 Å². The Morgan fingerprint density at radius 3 is 2.42 bits per heavy atom. The van der Waals surface area contributed by atoms with E-state index in [1.807, 2.05) is 30.3 Å². The summed E-state index contributed by atoms with van der Waals surface area (Å²) in [7, 11) is -4.07. The van der Waals surface area contributed by atoms with Gasteiger partial charge in [-0.05, 0) is 36.8 Å². The molecule has 1 aliphatic heterocycles. The first kappa shape index (κ1) is 20.7. The lowest BCUT2D eigenvalue weighted by atomic mass is 10.1. The molecule has 8 nitrogen and oxygen atoms in total. The Kier molecular flexibility index (Phi) is 4.83. The van der Waals surface area contributed by atoms with Crippen LogP contribution in [0.1, 0.15) is 18.1 Å². The second-order valence-corrected chi connectivity index (χ2v) is 9.02. The number of nitrogens with zero attached hydrogens (tertiary/aromatic N) is 3. The van der Waals surface area contributed by atoms with Gasteiger partial charge in [0, 0.05) is 5.39 Å². The van der Waals surface area contributed by atoms with E-state index < -0.39 is 15.6 Å². The molecular weight excluding hydrogens is 440 g/mol. The van der Waals surface area contributed by atoms with Crippen molar-refractivity contribution < 1.29 is 13.5 Å². The molecule has 1 aromatic heterocycles. The van der Waals surface area contributed by atoms with E-state index in [-0.39, 0.29) is 27.7 Å². The third-order valence-electron chi connectivity index (χ3n) is 5.34. The molecule has 0 saturated carbocycles. The SMILES string of the molecule is CC(=Nn1c(=O)c(C2=NS(=O)(=O)c3ccccc3N2)c(O)c2ccccc21)c1ccccc1. The highest BCUT2D eigenvalue weighted by atomic mass is 32.2. The van der Waals surface area contributed by atoms with Crippen LogP contribution in [0.2, 0.25) is 0 Å². The number of fused-ring (bicyclic) bond motifs is 2. The number of amidine groups is 1. The molecule has 3 aromatic carbocycles. The lowest BCUT2D eigenvalue weighted by Gasteiger charge is -2.19. The standard InChI is InChI=1S/C24H18N4O4S/c1-15(16-9-3-2-4-10-16)26-28-19-13-7-5-11-17(19)22(29)21(24(28)30)23-25-18-12-6-8-14-20(18)33(31,32)27-23/h2-14,29H,1H3,(H,25,27). The van der Waals surface area contributed by atoms with Gasteiger partial charge in [0.15, 0.2) is 5.84 Å². The molecule has 33 heavy (non-hydrogen) atoms. The quantitative estimate of drug-likeness (QED) is 0.456. The molecular formula is C24H18N4O4S. The van der Waals surface area contributed by atoms with Crippen molar-refractivity contribution in [2.75, 3.05) is 5.32 Å². The van der Waals surface area contributed by atoms with E-state index in [2.05, 4.69) is 14.8 Å². The molecule has 0 amide bonds. The average Bonchev–Trinajstić information content (AvgIpc) is 2.82. The summed E-state index contributed by atoms with van der Waals surface area (Å²) in [5, 5.41) is 18.7. The molecule has 0 unspecified atom stereocenters. The second kappa shape index (κ2) is 7.72. The Morgan fingerprint density at radius 1 is 0.970 bits per heavy atom. The van der Waals surface area contributed by atoms with Crippen LogP contribution in [0.3, 0.4) is 0 Å². The normalized spacial score (nSPS) is 14.9. The smallest absolute Gasteiger partial charge is 0.286 e. The zero-order chi connectivity index (χ0) is 23.2. The van der Waals surface area contributed by atoms with Crippen molar-refractivity contribution in [3.8, 4) is 5.75 Å². The van der Waals surface area contributed by atoms with Crippen LogP contribution >= 0.6 is 0 Å². The van der Waals surface area contributed by atoms with E-state index in [0.29, 0.717) is 16.6 Å². The van der Waals surface area contributed by atoms with E-state index in [9.17, 15) is 18.3 Å². The summed E-state index contributed by atoms with van der Waals surface area (Å²) in [6, 6.07) is 22.3. The van der Waals surface area contributed by atoms with Crippen molar-refractivity contribution in [3.05, 3.63) is 100 Å². The van der Waals surface area contributed by atoms with Crippen LogP contribution in [0.4, 0.5) is 5.69 Å². The number of aromatic hydroxyl groups is 1. The Labute approximate surface area is 189 Å². The predicted octanol–water partition coefficient (Wildman–Crippen LogP) is 3.54. The van der Waals surface area contributed by atoms with Crippen molar-refractivity contribution >= 4 is 38.2 Å². The Balaban J connectivity index is 1.79. The van der Waals surface area contributed by atoms with Gasteiger partial charge >= 0.3 is 0 Å². The van der Waals surface area contributed by atoms with Gasteiger partial charge in [0.25, 0.3) is 15.6 Å². The van der Waals surface area contributed by atoms with E-state index in [4.69, 9.17) is 0 Å². The predicted molar refractivity (Wildman–Crippen MR) is 128 cm³/mol. The number of hydrogen-bond acceptors (Lipinski definition) is 6. The Hall–Kier alpha value is -4.24. The lowest BCUT2D eigenvalue weighted by Crippen LogP contribution is -2.31. The topological polar surface area (TPSA) is 113 Å². The van der Waals surface area contributed by atoms with E-state index in [0.717, 1.165) is 10.2 Å². The number of pyridine rings is 1. The van der Waals surface area contributed by atoms with Crippen LogP contribution in [0, 0.1) is 0 Å². The van der Waals surface area contributed by atoms with Gasteiger partial charge in [-0.3, -0.25) is 4.79 Å². The van der Waals surface area contributed by atoms with Crippen LogP contribution in [0.15, 0.2) is 98.1 Å². The molecule has 2 heterocycles. The van der Waals surface area contributed by atoms with Gasteiger partial charge in [-0.25, -0.2) is 0 Å². The maximum atomic E-state index is 13.6. The summed E-state index contributed by atoms with van der Waals surface area (Å²) in [4.78, 5) is 13.6. The summed E-state index contributed by atoms with van der Waals surface area (Å²) >= 11 is 0. The van der Waals surface area contributed by atoms with Gasteiger partial charge in [-0.1, -0.05) is 54.6 Å². The van der Waals surface area contributed by atoms with Crippen molar-refractivity contribution in [1.29, 1.82) is 0 Å². The van der Waals surface area contributed by atoms with Crippen LogP contribution in [0.25, 0.3) is 10.9 Å². The summed E-state index contributed by atoms with van der Waals surface area (Å²) in [5.74, 6) is -0.636. The van der Waals surface area contributed by atoms with Crippen molar-refractivity contribution in [1.82, 2.24) is 4.68 Å². The number of nitrogens with one attached hydrogen (secondary N) is 1. The lowest BCUT2D eigenvalue weighted by molar-refractivity contribution is 0.478. The molecule has 0 radical (unpaired) electrons. The summed E-state index contributed by atoms with van der Waals surface area (Å²) < 4.78 is 30.4. The average molecular weight is 458 g/mol. The number of rotatable bonds is 3. The third kappa shape index (κ3) is 3.48. The third-order valence-corrected chi connectivity index (χ3v) is 6.67. The fraction of sp³-hybridized carbons (Fsp3) is 0.0417. The maximum Gasteiger partial charge on any atom is 0.286 e. The summed E-state index contributed by atoms with van der Waals surface area (Å²) in [5.41, 5.74) is 1.03. The monoisotopic (exact) mass is 458 g/mol. The Morgan fingerprint density at radius 2 is 1.64 bits per heavy atom. The van der Waals surface area contributed by atoms with E-state index in [1.165, 1.54) is 6.07 Å². The maximum absolute atomic E-state index is 13.6. The van der Waals surface area contributed by atoms with Crippen LogP contribution in [-0.4, -0.2) is 29.7 Å². The Bertz CT molecular complexity index is 1640. The van der Waals surface area contributed by atoms with Gasteiger partial charge in [0.1, 0.15) is 16.2 Å². The molecule has 9 heteroatoms. The molecule has 5 rings (SSSR count). The molecule has 1 aliphatic rings. The highest BCUT2D eigenvalue weighted by Gasteiger charge is 2.29. The van der Waals surface area contributed by atoms with Crippen LogP contribution < -0.4 is 10.9 Å². The molecule has 164 valence electrons. The first-order valence-corrected chi connectivity index (χ1v) is 11.5. The van der Waals surface area contributed by atoms with Gasteiger partial charge in [-0.2, -0.15) is 18.2 Å². The molecule has 4 aromatic rings. The highest BCUT2D eigenvalue weighted by molar-refractivity contribution is 7.90. The largest absolute Gasteiger partial charge is 0.506 e. The molecule has 0 fully saturated rings. The van der Waals surface area contributed by atoms with Gasteiger partial charge < -0.3 is 10.4 Å².